The van der Waals surface area contributed by atoms with Crippen molar-refractivity contribution in [2.75, 3.05) is 4.43 Å². The molecule has 1 aliphatic rings. The van der Waals surface area contributed by atoms with Gasteiger partial charge in [0.15, 0.2) is 0 Å². The second kappa shape index (κ2) is 5.13. The van der Waals surface area contributed by atoms with E-state index in [-0.39, 0.29) is 23.9 Å². The maximum Gasteiger partial charge on any atom is 0.245 e. The van der Waals surface area contributed by atoms with E-state index in [4.69, 9.17) is 0 Å². The van der Waals surface area contributed by atoms with E-state index in [0.717, 1.165) is 9.30 Å². The van der Waals surface area contributed by atoms with Crippen LogP contribution in [0.4, 0.5) is 0 Å². The van der Waals surface area contributed by atoms with E-state index in [2.05, 4.69) is 33.2 Å². The zero-order chi connectivity index (χ0) is 11.5. The molecule has 1 aromatic heterocycles. The molecule has 1 saturated heterocycles. The summed E-state index contributed by atoms with van der Waals surface area (Å²) in [5, 5.41) is 7.44. The van der Waals surface area contributed by atoms with Gasteiger partial charge in [0.2, 0.25) is 11.8 Å². The number of carbonyl (C=O) groups excluding carboxylic acids is 2. The molecule has 6 heteroatoms. The molecule has 1 aliphatic heterocycles. The van der Waals surface area contributed by atoms with Gasteiger partial charge in [-0.3, -0.25) is 9.59 Å². The van der Waals surface area contributed by atoms with Gasteiger partial charge in [0.1, 0.15) is 6.04 Å². The lowest BCUT2D eigenvalue weighted by molar-refractivity contribution is -0.135. The minimum Gasteiger partial charge on any atom is -0.348 e. The monoisotopic (exact) mass is 350 g/mol. The van der Waals surface area contributed by atoms with Gasteiger partial charge in [-0.25, -0.2) is 0 Å². The standard InChI is InChI=1S/C10H11IN2O2S/c11-5-7-9(10(15)12-7)13-8(14)4-6-2-1-3-16-6/h1-3,7,9H,4-5H2,(H,12,15)(H,13,14)/t7-,9+/m0/s1. The van der Waals surface area contributed by atoms with Gasteiger partial charge in [-0.05, 0) is 11.4 Å². The van der Waals surface area contributed by atoms with E-state index in [0.29, 0.717) is 6.42 Å². The number of hydrogen-bond donors (Lipinski definition) is 2. The summed E-state index contributed by atoms with van der Waals surface area (Å²) >= 11 is 3.74. The number of alkyl halides is 1. The predicted octanol–water partition coefficient (Wildman–Crippen LogP) is 0.709. The van der Waals surface area contributed by atoms with Gasteiger partial charge in [-0.15, -0.1) is 11.3 Å². The molecule has 0 radical (unpaired) electrons. The molecule has 0 aromatic carbocycles. The molecule has 1 fully saturated rings. The number of hydrogen-bond acceptors (Lipinski definition) is 3. The average Bonchev–Trinajstić information content (AvgIpc) is 2.75. The van der Waals surface area contributed by atoms with E-state index in [1.54, 1.807) is 11.3 Å². The predicted molar refractivity (Wildman–Crippen MR) is 70.8 cm³/mol. The molecule has 0 saturated carbocycles. The zero-order valence-corrected chi connectivity index (χ0v) is 11.4. The molecule has 0 aliphatic carbocycles. The van der Waals surface area contributed by atoms with Crippen molar-refractivity contribution in [3.8, 4) is 0 Å². The zero-order valence-electron chi connectivity index (χ0n) is 8.40. The first-order valence-electron chi connectivity index (χ1n) is 4.89. The van der Waals surface area contributed by atoms with Crippen molar-refractivity contribution in [3.63, 3.8) is 0 Å². The highest BCUT2D eigenvalue weighted by molar-refractivity contribution is 14.1. The van der Waals surface area contributed by atoms with Gasteiger partial charge < -0.3 is 10.6 Å². The third-order valence-corrected chi connectivity index (χ3v) is 4.24. The Morgan fingerprint density at radius 2 is 2.44 bits per heavy atom. The minimum atomic E-state index is -0.343. The van der Waals surface area contributed by atoms with E-state index in [1.807, 2.05) is 17.5 Å². The summed E-state index contributed by atoms with van der Waals surface area (Å²) in [7, 11) is 0. The van der Waals surface area contributed by atoms with Crippen LogP contribution in [0, 0.1) is 0 Å². The number of rotatable bonds is 4. The van der Waals surface area contributed by atoms with E-state index < -0.39 is 0 Å². The summed E-state index contributed by atoms with van der Waals surface area (Å²) in [5.74, 6) is -0.168. The number of nitrogens with one attached hydrogen (secondary N) is 2. The summed E-state index contributed by atoms with van der Waals surface area (Å²) in [6.45, 7) is 0. The number of carbonyl (C=O) groups is 2. The number of β-lactam (4-membered cyclic amide) rings is 1. The molecule has 86 valence electrons. The van der Waals surface area contributed by atoms with Crippen LogP contribution in [0.15, 0.2) is 17.5 Å². The Morgan fingerprint density at radius 1 is 1.62 bits per heavy atom. The molecule has 2 rings (SSSR count). The summed E-state index contributed by atoms with van der Waals surface area (Å²) in [5.41, 5.74) is 0. The van der Waals surface area contributed by atoms with Crippen LogP contribution in [-0.2, 0) is 16.0 Å². The minimum absolute atomic E-state index is 0.0822. The van der Waals surface area contributed by atoms with Crippen LogP contribution < -0.4 is 10.6 Å². The van der Waals surface area contributed by atoms with Gasteiger partial charge in [0, 0.05) is 9.30 Å². The van der Waals surface area contributed by atoms with Crippen molar-refractivity contribution in [1.29, 1.82) is 0 Å². The highest BCUT2D eigenvalue weighted by Gasteiger charge is 2.39. The lowest BCUT2D eigenvalue weighted by Crippen LogP contribution is -2.69. The summed E-state index contributed by atoms with van der Waals surface area (Å²) in [6.07, 6.45) is 0.357. The lowest BCUT2D eigenvalue weighted by Gasteiger charge is -2.35. The molecular formula is C10H11IN2O2S. The maximum atomic E-state index is 11.6. The Morgan fingerprint density at radius 3 is 3.00 bits per heavy atom. The van der Waals surface area contributed by atoms with Crippen molar-refractivity contribution in [1.82, 2.24) is 10.6 Å². The molecule has 2 atom stereocenters. The average molecular weight is 350 g/mol. The molecule has 2 N–H and O–H groups in total. The van der Waals surface area contributed by atoms with Crippen LogP contribution in [0.5, 0.6) is 0 Å². The molecule has 1 aromatic rings. The van der Waals surface area contributed by atoms with Gasteiger partial charge in [-0.1, -0.05) is 28.7 Å². The first-order valence-corrected chi connectivity index (χ1v) is 7.29. The van der Waals surface area contributed by atoms with Gasteiger partial charge in [-0.2, -0.15) is 0 Å². The summed E-state index contributed by atoms with van der Waals surface area (Å²) in [6, 6.07) is 3.57. The van der Waals surface area contributed by atoms with E-state index >= 15 is 0 Å². The third-order valence-electron chi connectivity index (χ3n) is 2.41. The Hall–Kier alpha value is -0.630. The highest BCUT2D eigenvalue weighted by Crippen LogP contribution is 2.12. The second-order valence-corrected chi connectivity index (χ2v) is 5.48. The highest BCUT2D eigenvalue weighted by atomic mass is 127. The number of amides is 2. The molecular weight excluding hydrogens is 339 g/mol. The van der Waals surface area contributed by atoms with E-state index in [1.165, 1.54) is 0 Å². The number of halogens is 1. The van der Waals surface area contributed by atoms with Crippen LogP contribution in [0.1, 0.15) is 4.88 Å². The van der Waals surface area contributed by atoms with Gasteiger partial charge in [0.05, 0.1) is 12.5 Å². The first-order chi connectivity index (χ1) is 7.70. The maximum absolute atomic E-state index is 11.6. The molecule has 2 heterocycles. The largest absolute Gasteiger partial charge is 0.348 e. The number of thiophene rings is 1. The summed E-state index contributed by atoms with van der Waals surface area (Å²) < 4.78 is 0.813. The van der Waals surface area contributed by atoms with Gasteiger partial charge in [0.25, 0.3) is 0 Å². The lowest BCUT2D eigenvalue weighted by atomic mass is 10.0. The fourth-order valence-electron chi connectivity index (χ4n) is 1.53. The normalized spacial score (nSPS) is 23.4. The second-order valence-electron chi connectivity index (χ2n) is 3.57. The topological polar surface area (TPSA) is 58.2 Å². The van der Waals surface area contributed by atoms with Crippen LogP contribution in [0.2, 0.25) is 0 Å². The van der Waals surface area contributed by atoms with Crippen molar-refractivity contribution in [2.24, 2.45) is 0 Å². The Balaban J connectivity index is 1.85. The van der Waals surface area contributed by atoms with Crippen molar-refractivity contribution in [2.45, 2.75) is 18.5 Å². The fraction of sp³-hybridized carbons (Fsp3) is 0.400. The van der Waals surface area contributed by atoms with Crippen LogP contribution in [0.25, 0.3) is 0 Å². The van der Waals surface area contributed by atoms with Crippen LogP contribution >= 0.6 is 33.9 Å². The molecule has 0 unspecified atom stereocenters. The summed E-state index contributed by atoms with van der Waals surface area (Å²) in [4.78, 5) is 23.9. The Kier molecular flexibility index (Phi) is 3.80. The van der Waals surface area contributed by atoms with E-state index in [9.17, 15) is 9.59 Å². The van der Waals surface area contributed by atoms with Crippen LogP contribution in [0.3, 0.4) is 0 Å². The SMILES string of the molecule is O=C(Cc1cccs1)N[C@H]1C(=O)N[C@H]1CI. The molecule has 0 spiro atoms. The van der Waals surface area contributed by atoms with Gasteiger partial charge >= 0.3 is 0 Å². The van der Waals surface area contributed by atoms with Crippen molar-refractivity contribution >= 4 is 45.7 Å². The third kappa shape index (κ3) is 2.54. The molecule has 16 heavy (non-hydrogen) atoms. The quantitative estimate of drug-likeness (QED) is 0.477. The molecule has 2 amide bonds. The molecule has 0 bridgehead atoms. The van der Waals surface area contributed by atoms with Crippen LogP contribution in [-0.4, -0.2) is 28.3 Å². The Bertz CT molecular complexity index is 394. The van der Waals surface area contributed by atoms with Crippen molar-refractivity contribution < 1.29 is 9.59 Å². The van der Waals surface area contributed by atoms with Crippen molar-refractivity contribution in [3.05, 3.63) is 22.4 Å². The smallest absolute Gasteiger partial charge is 0.245 e. The molecule has 4 nitrogen and oxygen atoms in total. The fourth-order valence-corrected chi connectivity index (χ4v) is 2.96. The first kappa shape index (κ1) is 11.8. The Labute approximate surface area is 111 Å².